The van der Waals surface area contributed by atoms with Gasteiger partial charge in [-0.3, -0.25) is 9.69 Å². The number of carboxylic acids is 1. The Morgan fingerprint density at radius 2 is 1.81 bits per heavy atom. The monoisotopic (exact) mass is 250 g/mol. The van der Waals surface area contributed by atoms with Crippen LogP contribution in [0.1, 0.15) is 13.3 Å². The summed E-state index contributed by atoms with van der Waals surface area (Å²) in [5, 5.41) is 8.98. The summed E-state index contributed by atoms with van der Waals surface area (Å²) in [6, 6.07) is -0.498. The molecule has 16 heavy (non-hydrogen) atoms. The van der Waals surface area contributed by atoms with Crippen LogP contribution in [0.15, 0.2) is 0 Å². The summed E-state index contributed by atoms with van der Waals surface area (Å²) in [5.41, 5.74) is 0. The number of sulfonamides is 1. The molecule has 1 atom stereocenters. The second-order valence-corrected chi connectivity index (χ2v) is 5.94. The first-order valence-corrected chi connectivity index (χ1v) is 7.13. The molecular formula is C9H18N2O4S. The normalized spacial score (nSPS) is 21.9. The van der Waals surface area contributed by atoms with E-state index in [1.54, 1.807) is 0 Å². The van der Waals surface area contributed by atoms with E-state index in [9.17, 15) is 13.2 Å². The zero-order valence-electron chi connectivity index (χ0n) is 9.59. The van der Waals surface area contributed by atoms with Crippen molar-refractivity contribution in [3.63, 3.8) is 0 Å². The highest BCUT2D eigenvalue weighted by atomic mass is 32.2. The molecule has 0 spiro atoms. The minimum atomic E-state index is -3.14. The molecule has 0 amide bonds. The Hall–Kier alpha value is -0.660. The molecule has 1 aliphatic heterocycles. The maximum absolute atomic E-state index is 11.3. The molecule has 94 valence electrons. The van der Waals surface area contributed by atoms with Crippen molar-refractivity contribution in [1.29, 1.82) is 0 Å². The third-order valence-corrected chi connectivity index (χ3v) is 4.16. The molecule has 1 heterocycles. The van der Waals surface area contributed by atoms with Gasteiger partial charge in [-0.2, -0.15) is 4.31 Å². The number of hydrogen-bond acceptors (Lipinski definition) is 4. The molecule has 0 aromatic heterocycles. The van der Waals surface area contributed by atoms with Crippen molar-refractivity contribution in [3.05, 3.63) is 0 Å². The van der Waals surface area contributed by atoms with E-state index in [0.29, 0.717) is 32.6 Å². The zero-order chi connectivity index (χ0) is 12.3. The second-order valence-electron chi connectivity index (χ2n) is 3.96. The molecule has 1 aliphatic rings. The summed E-state index contributed by atoms with van der Waals surface area (Å²) in [5.74, 6) is -0.838. The van der Waals surface area contributed by atoms with Crippen LogP contribution in [0.2, 0.25) is 0 Å². The Morgan fingerprint density at radius 3 is 2.12 bits per heavy atom. The van der Waals surface area contributed by atoms with E-state index in [-0.39, 0.29) is 0 Å². The standard InChI is InChI=1S/C9H18N2O4S/c1-3-8(9(12)13)10-4-6-11(7-5-10)16(2,14)15/h8H,3-7H2,1-2H3,(H,12,13). The molecule has 0 radical (unpaired) electrons. The van der Waals surface area contributed by atoms with Crippen molar-refractivity contribution in [1.82, 2.24) is 9.21 Å². The molecule has 0 aliphatic carbocycles. The molecular weight excluding hydrogens is 232 g/mol. The van der Waals surface area contributed by atoms with Gasteiger partial charge in [0.2, 0.25) is 10.0 Å². The van der Waals surface area contributed by atoms with Crippen LogP contribution in [0.4, 0.5) is 0 Å². The largest absolute Gasteiger partial charge is 0.480 e. The van der Waals surface area contributed by atoms with Crippen LogP contribution in [-0.4, -0.2) is 67.2 Å². The lowest BCUT2D eigenvalue weighted by atomic mass is 10.1. The van der Waals surface area contributed by atoms with Crippen molar-refractivity contribution in [3.8, 4) is 0 Å². The van der Waals surface area contributed by atoms with Crippen LogP contribution < -0.4 is 0 Å². The first-order chi connectivity index (χ1) is 7.36. The fourth-order valence-electron chi connectivity index (χ4n) is 1.94. The van der Waals surface area contributed by atoms with Crippen molar-refractivity contribution < 1.29 is 18.3 Å². The molecule has 0 bridgehead atoms. The number of carboxylic acid groups (broad SMARTS) is 1. The lowest BCUT2D eigenvalue weighted by Crippen LogP contribution is -2.53. The number of hydrogen-bond donors (Lipinski definition) is 1. The van der Waals surface area contributed by atoms with Crippen LogP contribution >= 0.6 is 0 Å². The molecule has 1 N–H and O–H groups in total. The minimum absolute atomic E-state index is 0.378. The summed E-state index contributed by atoms with van der Waals surface area (Å²) in [6.45, 7) is 3.54. The van der Waals surface area contributed by atoms with Crippen LogP contribution in [0.5, 0.6) is 0 Å². The Kier molecular flexibility index (Phi) is 4.28. The molecule has 1 fully saturated rings. The smallest absolute Gasteiger partial charge is 0.320 e. The van der Waals surface area contributed by atoms with E-state index >= 15 is 0 Å². The van der Waals surface area contributed by atoms with Crippen molar-refractivity contribution >= 4 is 16.0 Å². The highest BCUT2D eigenvalue weighted by Gasteiger charge is 2.29. The Labute approximate surface area is 95.9 Å². The molecule has 0 aromatic carbocycles. The van der Waals surface area contributed by atoms with Crippen LogP contribution in [0.3, 0.4) is 0 Å². The van der Waals surface area contributed by atoms with Gasteiger partial charge in [-0.05, 0) is 6.42 Å². The fraction of sp³-hybridized carbons (Fsp3) is 0.889. The summed E-state index contributed by atoms with van der Waals surface area (Å²) < 4.78 is 23.9. The van der Waals surface area contributed by atoms with E-state index in [2.05, 4.69) is 0 Å². The number of carbonyl (C=O) groups is 1. The minimum Gasteiger partial charge on any atom is -0.480 e. The second kappa shape index (κ2) is 5.11. The quantitative estimate of drug-likeness (QED) is 0.722. The first kappa shape index (κ1) is 13.4. The summed E-state index contributed by atoms with van der Waals surface area (Å²) >= 11 is 0. The average Bonchev–Trinajstić information content (AvgIpc) is 2.17. The third kappa shape index (κ3) is 3.16. The highest BCUT2D eigenvalue weighted by molar-refractivity contribution is 7.88. The van der Waals surface area contributed by atoms with Gasteiger partial charge in [0.25, 0.3) is 0 Å². The topological polar surface area (TPSA) is 77.9 Å². The Balaban J connectivity index is 2.58. The predicted molar refractivity (Wildman–Crippen MR) is 59.7 cm³/mol. The van der Waals surface area contributed by atoms with Crippen LogP contribution in [-0.2, 0) is 14.8 Å². The van der Waals surface area contributed by atoms with Gasteiger partial charge >= 0.3 is 5.97 Å². The Bertz CT molecular complexity index is 347. The third-order valence-electron chi connectivity index (χ3n) is 2.85. The van der Waals surface area contributed by atoms with E-state index in [1.165, 1.54) is 10.6 Å². The van der Waals surface area contributed by atoms with Gasteiger partial charge in [0.05, 0.1) is 6.26 Å². The average molecular weight is 250 g/mol. The molecule has 1 saturated heterocycles. The van der Waals surface area contributed by atoms with Crippen molar-refractivity contribution in [2.45, 2.75) is 19.4 Å². The van der Waals surface area contributed by atoms with Gasteiger partial charge in [-0.25, -0.2) is 8.42 Å². The Morgan fingerprint density at radius 1 is 1.31 bits per heavy atom. The van der Waals surface area contributed by atoms with Gasteiger partial charge in [0.15, 0.2) is 0 Å². The maximum atomic E-state index is 11.3. The van der Waals surface area contributed by atoms with Gasteiger partial charge < -0.3 is 5.11 Å². The van der Waals surface area contributed by atoms with E-state index in [0.717, 1.165) is 0 Å². The van der Waals surface area contributed by atoms with Gasteiger partial charge in [0.1, 0.15) is 6.04 Å². The van der Waals surface area contributed by atoms with E-state index in [1.807, 2.05) is 11.8 Å². The maximum Gasteiger partial charge on any atom is 0.320 e. The predicted octanol–water partition coefficient (Wildman–Crippen LogP) is -0.573. The van der Waals surface area contributed by atoms with E-state index < -0.39 is 22.0 Å². The van der Waals surface area contributed by atoms with Crippen molar-refractivity contribution in [2.75, 3.05) is 32.4 Å². The van der Waals surface area contributed by atoms with Crippen LogP contribution in [0, 0.1) is 0 Å². The van der Waals surface area contributed by atoms with Crippen molar-refractivity contribution in [2.24, 2.45) is 0 Å². The summed E-state index contributed by atoms with van der Waals surface area (Å²) in [4.78, 5) is 12.8. The van der Waals surface area contributed by atoms with Gasteiger partial charge in [-0.15, -0.1) is 0 Å². The summed E-state index contributed by atoms with van der Waals surface area (Å²) in [6.07, 6.45) is 1.71. The van der Waals surface area contributed by atoms with E-state index in [4.69, 9.17) is 5.11 Å². The molecule has 0 saturated carbocycles. The summed E-state index contributed by atoms with van der Waals surface area (Å²) in [7, 11) is -3.14. The number of piperazine rings is 1. The molecule has 6 nitrogen and oxygen atoms in total. The van der Waals surface area contributed by atoms with Crippen LogP contribution in [0.25, 0.3) is 0 Å². The molecule has 7 heteroatoms. The van der Waals surface area contributed by atoms with Gasteiger partial charge in [0, 0.05) is 26.2 Å². The molecule has 0 aromatic rings. The molecule has 1 rings (SSSR count). The molecule has 1 unspecified atom stereocenters. The highest BCUT2D eigenvalue weighted by Crippen LogP contribution is 2.11. The number of nitrogens with zero attached hydrogens (tertiary/aromatic N) is 2. The first-order valence-electron chi connectivity index (χ1n) is 5.28. The SMILES string of the molecule is CCC(C(=O)O)N1CCN(S(C)(=O)=O)CC1. The lowest BCUT2D eigenvalue weighted by Gasteiger charge is -2.36. The lowest BCUT2D eigenvalue weighted by molar-refractivity contribution is -0.143. The number of aliphatic carboxylic acids is 1. The number of rotatable bonds is 4. The zero-order valence-corrected chi connectivity index (χ0v) is 10.4. The van der Waals surface area contributed by atoms with Gasteiger partial charge in [-0.1, -0.05) is 6.92 Å². The fourth-order valence-corrected chi connectivity index (χ4v) is 2.76.